The van der Waals surface area contributed by atoms with Gasteiger partial charge in [-0.3, -0.25) is 4.79 Å². The first-order chi connectivity index (χ1) is 13.4. The van der Waals surface area contributed by atoms with Crippen LogP contribution in [0.15, 0.2) is 60.7 Å². The van der Waals surface area contributed by atoms with Crippen LogP contribution in [0.2, 0.25) is 0 Å². The van der Waals surface area contributed by atoms with Crippen LogP contribution in [0.3, 0.4) is 0 Å². The van der Waals surface area contributed by atoms with Gasteiger partial charge in [0.2, 0.25) is 0 Å². The summed E-state index contributed by atoms with van der Waals surface area (Å²) in [6.45, 7) is 0. The van der Waals surface area contributed by atoms with E-state index in [9.17, 15) is 18.0 Å². The number of nitrogens with one attached hydrogen (secondary N) is 2. The Morgan fingerprint density at radius 1 is 0.964 bits per heavy atom. The molecule has 2 N–H and O–H groups in total. The molecular formula is C19H12F3N5O. The van der Waals surface area contributed by atoms with Gasteiger partial charge in [0.25, 0.3) is 5.91 Å². The molecule has 0 aliphatic rings. The number of para-hydroxylation sites is 1. The molecule has 1 aromatic heterocycles. The highest BCUT2D eigenvalue weighted by Crippen LogP contribution is 2.35. The summed E-state index contributed by atoms with van der Waals surface area (Å²) >= 11 is 0. The van der Waals surface area contributed by atoms with Crippen molar-refractivity contribution in [3.05, 3.63) is 77.5 Å². The summed E-state index contributed by atoms with van der Waals surface area (Å²) in [7, 11) is 0. The number of nitrogens with zero attached hydrogens (tertiary/aromatic N) is 3. The Morgan fingerprint density at radius 2 is 1.68 bits per heavy atom. The van der Waals surface area contributed by atoms with E-state index in [0.717, 1.165) is 6.07 Å². The molecular weight excluding hydrogens is 371 g/mol. The maximum atomic E-state index is 13.0. The molecule has 3 rings (SSSR count). The van der Waals surface area contributed by atoms with Crippen LogP contribution in [-0.2, 0) is 6.18 Å². The highest BCUT2D eigenvalue weighted by atomic mass is 19.4. The van der Waals surface area contributed by atoms with Gasteiger partial charge in [0, 0.05) is 5.69 Å². The standard InChI is InChI=1S/C19H12F3N5O/c20-19(21,22)14-3-1-2-4-15(14)25-17-10-9-16(26-27-17)18(28)24-13-7-5-12(11-23)6-8-13/h1-10H,(H,24,28)(H,25,27). The fourth-order valence-corrected chi connectivity index (χ4v) is 2.32. The molecule has 0 atom stereocenters. The van der Waals surface area contributed by atoms with Crippen molar-refractivity contribution in [1.29, 1.82) is 5.26 Å². The van der Waals surface area contributed by atoms with Crippen LogP contribution in [0.25, 0.3) is 0 Å². The summed E-state index contributed by atoms with van der Waals surface area (Å²) in [4.78, 5) is 12.2. The molecule has 0 saturated heterocycles. The van der Waals surface area contributed by atoms with Crippen LogP contribution >= 0.6 is 0 Å². The number of alkyl halides is 3. The predicted octanol–water partition coefficient (Wildman–Crippen LogP) is 4.36. The van der Waals surface area contributed by atoms with Gasteiger partial charge in [-0.15, -0.1) is 10.2 Å². The van der Waals surface area contributed by atoms with Gasteiger partial charge in [-0.1, -0.05) is 12.1 Å². The normalized spacial score (nSPS) is 10.8. The highest BCUT2D eigenvalue weighted by molar-refractivity contribution is 6.02. The fourth-order valence-electron chi connectivity index (χ4n) is 2.32. The Bertz CT molecular complexity index is 1030. The predicted molar refractivity (Wildman–Crippen MR) is 95.9 cm³/mol. The number of aromatic nitrogens is 2. The third-order valence-corrected chi connectivity index (χ3v) is 3.66. The topological polar surface area (TPSA) is 90.7 Å². The molecule has 0 aliphatic carbocycles. The third kappa shape index (κ3) is 4.42. The van der Waals surface area contributed by atoms with Gasteiger partial charge in [-0.05, 0) is 48.5 Å². The van der Waals surface area contributed by atoms with Crippen molar-refractivity contribution in [2.45, 2.75) is 6.18 Å². The summed E-state index contributed by atoms with van der Waals surface area (Å²) < 4.78 is 39.1. The molecule has 0 saturated carbocycles. The van der Waals surface area contributed by atoms with Crippen molar-refractivity contribution in [2.24, 2.45) is 0 Å². The minimum atomic E-state index is -4.52. The second-order valence-electron chi connectivity index (χ2n) is 5.62. The molecule has 1 amide bonds. The molecule has 1 heterocycles. The van der Waals surface area contributed by atoms with E-state index in [1.54, 1.807) is 24.3 Å². The fraction of sp³-hybridized carbons (Fsp3) is 0.0526. The highest BCUT2D eigenvalue weighted by Gasteiger charge is 2.33. The zero-order chi connectivity index (χ0) is 20.1. The van der Waals surface area contributed by atoms with Crippen molar-refractivity contribution < 1.29 is 18.0 Å². The van der Waals surface area contributed by atoms with Crippen molar-refractivity contribution >= 4 is 23.1 Å². The van der Waals surface area contributed by atoms with Crippen LogP contribution in [-0.4, -0.2) is 16.1 Å². The van der Waals surface area contributed by atoms with E-state index in [-0.39, 0.29) is 17.2 Å². The first-order valence-corrected chi connectivity index (χ1v) is 7.95. The molecule has 3 aromatic rings. The van der Waals surface area contributed by atoms with E-state index in [1.165, 1.54) is 30.3 Å². The smallest absolute Gasteiger partial charge is 0.338 e. The number of anilines is 3. The summed E-state index contributed by atoms with van der Waals surface area (Å²) in [6.07, 6.45) is -4.52. The molecule has 2 aromatic carbocycles. The average Bonchev–Trinajstić information content (AvgIpc) is 2.69. The molecule has 0 fully saturated rings. The van der Waals surface area contributed by atoms with E-state index in [4.69, 9.17) is 5.26 Å². The van der Waals surface area contributed by atoms with Gasteiger partial charge >= 0.3 is 6.18 Å². The number of hydrogen-bond acceptors (Lipinski definition) is 5. The SMILES string of the molecule is N#Cc1ccc(NC(=O)c2ccc(Nc3ccccc3C(F)(F)F)nn2)cc1. The Hall–Kier alpha value is -3.93. The first kappa shape index (κ1) is 18.8. The molecule has 28 heavy (non-hydrogen) atoms. The Balaban J connectivity index is 1.71. The van der Waals surface area contributed by atoms with Crippen LogP contribution in [0, 0.1) is 11.3 Å². The lowest BCUT2D eigenvalue weighted by molar-refractivity contribution is -0.136. The zero-order valence-electron chi connectivity index (χ0n) is 14.2. The summed E-state index contributed by atoms with van der Waals surface area (Å²) in [6, 6.07) is 15.9. The second kappa shape index (κ2) is 7.75. The average molecular weight is 383 g/mol. The molecule has 0 radical (unpaired) electrons. The monoisotopic (exact) mass is 383 g/mol. The second-order valence-corrected chi connectivity index (χ2v) is 5.62. The number of carbonyl (C=O) groups excluding carboxylic acids is 1. The Labute approximate surface area is 157 Å². The summed E-state index contributed by atoms with van der Waals surface area (Å²) in [5, 5.41) is 21.4. The molecule has 6 nitrogen and oxygen atoms in total. The van der Waals surface area contributed by atoms with Gasteiger partial charge in [-0.25, -0.2) is 0 Å². The Morgan fingerprint density at radius 3 is 2.29 bits per heavy atom. The number of halogens is 3. The minimum absolute atomic E-state index is 0.0148. The number of hydrogen-bond donors (Lipinski definition) is 2. The van der Waals surface area contributed by atoms with Crippen molar-refractivity contribution in [3.8, 4) is 6.07 Å². The van der Waals surface area contributed by atoms with Crippen molar-refractivity contribution in [1.82, 2.24) is 10.2 Å². The molecule has 140 valence electrons. The van der Waals surface area contributed by atoms with Gasteiger partial charge in [-0.2, -0.15) is 18.4 Å². The van der Waals surface area contributed by atoms with E-state index >= 15 is 0 Å². The largest absolute Gasteiger partial charge is 0.418 e. The number of carbonyl (C=O) groups is 1. The van der Waals surface area contributed by atoms with Crippen LogP contribution in [0.1, 0.15) is 21.6 Å². The lowest BCUT2D eigenvalue weighted by atomic mass is 10.1. The first-order valence-electron chi connectivity index (χ1n) is 7.95. The quantitative estimate of drug-likeness (QED) is 0.698. The van der Waals surface area contributed by atoms with E-state index in [0.29, 0.717) is 11.3 Å². The van der Waals surface area contributed by atoms with Crippen molar-refractivity contribution in [3.63, 3.8) is 0 Å². The van der Waals surface area contributed by atoms with Crippen molar-refractivity contribution in [2.75, 3.05) is 10.6 Å². The van der Waals surface area contributed by atoms with Gasteiger partial charge in [0.1, 0.15) is 0 Å². The molecule has 0 spiro atoms. The number of rotatable bonds is 4. The van der Waals surface area contributed by atoms with Gasteiger partial charge in [0.05, 0.1) is 22.9 Å². The lowest BCUT2D eigenvalue weighted by Gasteiger charge is -2.13. The van der Waals surface area contributed by atoms with Gasteiger partial charge < -0.3 is 10.6 Å². The third-order valence-electron chi connectivity index (χ3n) is 3.66. The lowest BCUT2D eigenvalue weighted by Crippen LogP contribution is -2.15. The molecule has 0 aliphatic heterocycles. The number of benzene rings is 2. The maximum Gasteiger partial charge on any atom is 0.418 e. The molecule has 9 heteroatoms. The number of nitriles is 1. The maximum absolute atomic E-state index is 13.0. The van der Waals surface area contributed by atoms with E-state index < -0.39 is 17.6 Å². The zero-order valence-corrected chi connectivity index (χ0v) is 14.2. The Kier molecular flexibility index (Phi) is 5.22. The summed E-state index contributed by atoms with van der Waals surface area (Å²) in [5.74, 6) is -0.480. The number of amides is 1. The van der Waals surface area contributed by atoms with Gasteiger partial charge in [0.15, 0.2) is 11.5 Å². The van der Waals surface area contributed by atoms with E-state index in [1.807, 2.05) is 6.07 Å². The van der Waals surface area contributed by atoms with E-state index in [2.05, 4.69) is 20.8 Å². The minimum Gasteiger partial charge on any atom is -0.338 e. The van der Waals surface area contributed by atoms with Crippen LogP contribution in [0.5, 0.6) is 0 Å². The molecule has 0 bridgehead atoms. The molecule has 0 unspecified atom stereocenters. The van der Waals surface area contributed by atoms with Crippen LogP contribution < -0.4 is 10.6 Å². The van der Waals surface area contributed by atoms with Crippen LogP contribution in [0.4, 0.5) is 30.4 Å². The summed E-state index contributed by atoms with van der Waals surface area (Å²) in [5.41, 5.74) is -0.100.